The maximum Gasteiger partial charge on any atom is 0.0346 e. The predicted molar refractivity (Wildman–Crippen MR) is 108 cm³/mol. The van der Waals surface area contributed by atoms with E-state index in [1.807, 2.05) is 24.5 Å². The summed E-state index contributed by atoms with van der Waals surface area (Å²) in [6, 6.07) is 25.1. The van der Waals surface area contributed by atoms with Gasteiger partial charge in [-0.1, -0.05) is 72.8 Å². The lowest BCUT2D eigenvalue weighted by molar-refractivity contribution is 1.33. The third-order valence-corrected chi connectivity index (χ3v) is 4.28. The highest BCUT2D eigenvalue weighted by atomic mass is 14.6. The van der Waals surface area contributed by atoms with Gasteiger partial charge in [-0.15, -0.1) is 0 Å². The van der Waals surface area contributed by atoms with Crippen molar-refractivity contribution < 1.29 is 0 Å². The van der Waals surface area contributed by atoms with Gasteiger partial charge in [0.2, 0.25) is 0 Å². The van der Waals surface area contributed by atoms with Crippen molar-refractivity contribution in [3.63, 3.8) is 0 Å². The first kappa shape index (κ1) is 16.0. The Morgan fingerprint density at radius 3 is 1.23 bits per heavy atom. The Hall–Kier alpha value is -3.52. The van der Waals surface area contributed by atoms with Gasteiger partial charge in [0, 0.05) is 24.8 Å². The molecule has 2 aromatic carbocycles. The number of rotatable bonds is 4. The molecule has 2 heteroatoms. The van der Waals surface area contributed by atoms with E-state index in [9.17, 15) is 0 Å². The minimum atomic E-state index is 1.13. The highest BCUT2D eigenvalue weighted by Gasteiger charge is 1.98. The van der Waals surface area contributed by atoms with Crippen LogP contribution in [-0.2, 0) is 0 Å². The van der Waals surface area contributed by atoms with Crippen LogP contribution in [0.3, 0.4) is 0 Å². The first-order chi connectivity index (χ1) is 12.9. The Balaban J connectivity index is 1.48. The largest absolute Gasteiger partial charge is 0.264 e. The van der Waals surface area contributed by atoms with Gasteiger partial charge < -0.3 is 0 Å². The zero-order valence-corrected chi connectivity index (χ0v) is 14.3. The van der Waals surface area contributed by atoms with Crippen molar-refractivity contribution >= 4 is 12.2 Å². The summed E-state index contributed by atoms with van der Waals surface area (Å²) >= 11 is 0. The molecule has 0 spiro atoms. The first-order valence-corrected chi connectivity index (χ1v) is 8.57. The van der Waals surface area contributed by atoms with Crippen molar-refractivity contribution in [1.82, 2.24) is 9.97 Å². The summed E-state index contributed by atoms with van der Waals surface area (Å²) in [6.45, 7) is 0. The number of benzene rings is 2. The zero-order chi connectivity index (χ0) is 17.6. The van der Waals surface area contributed by atoms with Gasteiger partial charge in [-0.05, 0) is 45.5 Å². The van der Waals surface area contributed by atoms with E-state index >= 15 is 0 Å². The molecule has 0 aliphatic rings. The van der Waals surface area contributed by atoms with E-state index in [-0.39, 0.29) is 0 Å². The highest BCUT2D eigenvalue weighted by molar-refractivity contribution is 5.73. The van der Waals surface area contributed by atoms with Crippen molar-refractivity contribution in [3.05, 3.63) is 109 Å². The maximum atomic E-state index is 4.17. The second kappa shape index (κ2) is 7.58. The summed E-state index contributed by atoms with van der Waals surface area (Å²) in [6.07, 6.45) is 11.6. The second-order valence-corrected chi connectivity index (χ2v) is 6.06. The average Bonchev–Trinajstić information content (AvgIpc) is 2.74. The van der Waals surface area contributed by atoms with Crippen molar-refractivity contribution in [3.8, 4) is 22.3 Å². The van der Waals surface area contributed by atoms with E-state index < -0.39 is 0 Å². The maximum absolute atomic E-state index is 4.17. The molecule has 0 saturated heterocycles. The normalized spacial score (nSPS) is 10.9. The van der Waals surface area contributed by atoms with E-state index in [0.717, 1.165) is 11.1 Å². The molecule has 0 amide bonds. The number of hydrogen-bond donors (Lipinski definition) is 0. The van der Waals surface area contributed by atoms with Crippen molar-refractivity contribution in [2.75, 3.05) is 0 Å². The molecule has 0 aliphatic heterocycles. The molecule has 2 nitrogen and oxygen atoms in total. The summed E-state index contributed by atoms with van der Waals surface area (Å²) in [7, 11) is 0. The van der Waals surface area contributed by atoms with Crippen LogP contribution in [0.4, 0.5) is 0 Å². The summed E-state index contributed by atoms with van der Waals surface area (Å²) in [4.78, 5) is 8.34. The Morgan fingerprint density at radius 2 is 0.885 bits per heavy atom. The van der Waals surface area contributed by atoms with Crippen LogP contribution in [0.1, 0.15) is 11.1 Å². The molecule has 4 aromatic rings. The molecular weight excluding hydrogens is 316 g/mol. The lowest BCUT2D eigenvalue weighted by atomic mass is 10.0. The molecule has 0 aliphatic carbocycles. The van der Waals surface area contributed by atoms with Crippen LogP contribution in [0, 0.1) is 0 Å². The van der Waals surface area contributed by atoms with Gasteiger partial charge in [0.25, 0.3) is 0 Å². The van der Waals surface area contributed by atoms with Crippen LogP contribution in [0.25, 0.3) is 34.4 Å². The topological polar surface area (TPSA) is 25.8 Å². The quantitative estimate of drug-likeness (QED) is 0.429. The Kier molecular flexibility index (Phi) is 4.66. The van der Waals surface area contributed by atoms with Crippen LogP contribution in [0.15, 0.2) is 97.6 Å². The zero-order valence-electron chi connectivity index (χ0n) is 14.3. The molecule has 2 aromatic heterocycles. The van der Waals surface area contributed by atoms with Crippen molar-refractivity contribution in [2.45, 2.75) is 0 Å². The van der Waals surface area contributed by atoms with Gasteiger partial charge in [0.15, 0.2) is 0 Å². The smallest absolute Gasteiger partial charge is 0.0346 e. The number of aromatic nitrogens is 2. The molecule has 0 saturated carbocycles. The molecule has 0 unspecified atom stereocenters. The van der Waals surface area contributed by atoms with Crippen LogP contribution < -0.4 is 0 Å². The van der Waals surface area contributed by atoms with Crippen LogP contribution >= 0.6 is 0 Å². The predicted octanol–water partition coefficient (Wildman–Crippen LogP) is 5.98. The van der Waals surface area contributed by atoms with Gasteiger partial charge in [-0.2, -0.15) is 0 Å². The first-order valence-electron chi connectivity index (χ1n) is 8.57. The molecule has 0 N–H and O–H groups in total. The van der Waals surface area contributed by atoms with Gasteiger partial charge in [0.05, 0.1) is 0 Å². The number of nitrogens with zero attached hydrogens (tertiary/aromatic N) is 2. The Morgan fingerprint density at radius 1 is 0.462 bits per heavy atom. The summed E-state index contributed by atoms with van der Waals surface area (Å²) in [5.41, 5.74) is 6.97. The molecule has 2 heterocycles. The second-order valence-electron chi connectivity index (χ2n) is 6.06. The van der Waals surface area contributed by atoms with E-state index in [0.29, 0.717) is 0 Å². The third-order valence-electron chi connectivity index (χ3n) is 4.28. The Labute approximate surface area is 153 Å². The fourth-order valence-corrected chi connectivity index (χ4v) is 2.83. The summed E-state index contributed by atoms with van der Waals surface area (Å²) in [5, 5.41) is 0. The molecule has 4 rings (SSSR count). The van der Waals surface area contributed by atoms with E-state index in [4.69, 9.17) is 0 Å². The van der Waals surface area contributed by atoms with E-state index in [2.05, 4.69) is 82.8 Å². The number of hydrogen-bond acceptors (Lipinski definition) is 2. The SMILES string of the molecule is C(=C\c1ccc(-c2cccnc2)cc1)/c1ccc(-c2cccnc2)cc1. The molecule has 0 fully saturated rings. The highest BCUT2D eigenvalue weighted by Crippen LogP contribution is 2.21. The third kappa shape index (κ3) is 3.76. The fourth-order valence-electron chi connectivity index (χ4n) is 2.83. The van der Waals surface area contributed by atoms with Gasteiger partial charge >= 0.3 is 0 Å². The minimum Gasteiger partial charge on any atom is -0.264 e. The van der Waals surface area contributed by atoms with E-state index in [1.165, 1.54) is 22.3 Å². The molecule has 0 atom stereocenters. The molecule has 124 valence electrons. The molecule has 26 heavy (non-hydrogen) atoms. The standard InChI is InChI=1S/C24H18N2/c1-3-23(17-25-15-1)21-11-7-19(8-12-21)5-6-20-9-13-22(14-10-20)24-4-2-16-26-18-24/h1-18H/b6-5+. The van der Waals surface area contributed by atoms with Crippen molar-refractivity contribution in [1.29, 1.82) is 0 Å². The van der Waals surface area contributed by atoms with E-state index in [1.54, 1.807) is 12.4 Å². The Bertz CT molecular complexity index is 903. The molecule has 0 radical (unpaired) electrons. The molecular formula is C24H18N2. The fraction of sp³-hybridized carbons (Fsp3) is 0. The monoisotopic (exact) mass is 334 g/mol. The van der Waals surface area contributed by atoms with Gasteiger partial charge in [-0.25, -0.2) is 0 Å². The molecule has 0 bridgehead atoms. The van der Waals surface area contributed by atoms with Crippen LogP contribution in [0.5, 0.6) is 0 Å². The average molecular weight is 334 g/mol. The minimum absolute atomic E-state index is 1.13. The summed E-state index contributed by atoms with van der Waals surface area (Å²) < 4.78 is 0. The van der Waals surface area contributed by atoms with Crippen LogP contribution in [0.2, 0.25) is 0 Å². The van der Waals surface area contributed by atoms with Gasteiger partial charge in [-0.3, -0.25) is 9.97 Å². The van der Waals surface area contributed by atoms with Crippen LogP contribution in [-0.4, -0.2) is 9.97 Å². The summed E-state index contributed by atoms with van der Waals surface area (Å²) in [5.74, 6) is 0. The lowest BCUT2D eigenvalue weighted by Gasteiger charge is -2.02. The van der Waals surface area contributed by atoms with Crippen molar-refractivity contribution in [2.24, 2.45) is 0 Å². The lowest BCUT2D eigenvalue weighted by Crippen LogP contribution is -1.80. The number of pyridine rings is 2. The van der Waals surface area contributed by atoms with Gasteiger partial charge in [0.1, 0.15) is 0 Å².